The number of thiophene rings is 1. The first-order chi connectivity index (χ1) is 15.0. The maximum atomic E-state index is 13.2. The zero-order valence-electron chi connectivity index (χ0n) is 19.8. The van der Waals surface area contributed by atoms with Crippen molar-refractivity contribution >= 4 is 29.1 Å². The van der Waals surface area contributed by atoms with Crippen LogP contribution in [0.25, 0.3) is 0 Å². The van der Waals surface area contributed by atoms with Crippen LogP contribution < -0.4 is 0 Å². The average molecular weight is 475 g/mol. The third kappa shape index (κ3) is 5.24. The lowest BCUT2D eigenvalue weighted by Gasteiger charge is -2.40. The fourth-order valence-electron chi connectivity index (χ4n) is 4.07. The summed E-state index contributed by atoms with van der Waals surface area (Å²) in [6.45, 7) is 12.3. The molecule has 2 N–H and O–H groups in total. The molecular formula is C26H34O4S2. The number of rotatable bonds is 7. The molecule has 1 atom stereocenters. The first-order valence-corrected chi connectivity index (χ1v) is 12.8. The van der Waals surface area contributed by atoms with Crippen LogP contribution in [-0.2, 0) is 28.0 Å². The standard InChI is InChI=1S/C26H34O4S2/c1-16(2)26(9-7-18-8-10-31-15-18)13-21(28)23(24(29)30-26)32-22-11-17(3)19(14-27)12-20(22)25(4,5)6/h8,10-12,15-16,27-28H,7,9,13-14H2,1-6H3/t26-/m1/s1. The fourth-order valence-corrected chi connectivity index (χ4v) is 6.02. The summed E-state index contributed by atoms with van der Waals surface area (Å²) in [5.41, 5.74) is 3.19. The number of hydrogen-bond acceptors (Lipinski definition) is 6. The number of hydrogen-bond donors (Lipinski definition) is 2. The monoisotopic (exact) mass is 474 g/mol. The Bertz CT molecular complexity index is 1000. The van der Waals surface area contributed by atoms with Crippen LogP contribution in [0.15, 0.2) is 44.5 Å². The first kappa shape index (κ1) is 24.9. The zero-order chi connectivity index (χ0) is 23.7. The number of carbonyl (C=O) groups is 1. The number of aryl methyl sites for hydroxylation is 2. The van der Waals surface area contributed by atoms with Crippen molar-refractivity contribution in [1.29, 1.82) is 0 Å². The molecule has 0 amide bonds. The number of ether oxygens (including phenoxy) is 1. The van der Waals surface area contributed by atoms with E-state index >= 15 is 0 Å². The van der Waals surface area contributed by atoms with E-state index in [1.165, 1.54) is 17.3 Å². The minimum absolute atomic E-state index is 0.0309. The third-order valence-electron chi connectivity index (χ3n) is 6.31. The average Bonchev–Trinajstić information content (AvgIpc) is 3.22. The first-order valence-electron chi connectivity index (χ1n) is 11.1. The summed E-state index contributed by atoms with van der Waals surface area (Å²) >= 11 is 2.93. The molecule has 0 spiro atoms. The predicted molar refractivity (Wildman–Crippen MR) is 132 cm³/mol. The number of thioether (sulfide) groups is 1. The number of carbonyl (C=O) groups excluding carboxylic acids is 1. The van der Waals surface area contributed by atoms with Gasteiger partial charge in [0.15, 0.2) is 0 Å². The lowest BCUT2D eigenvalue weighted by atomic mass is 9.80. The van der Waals surface area contributed by atoms with E-state index < -0.39 is 11.6 Å². The van der Waals surface area contributed by atoms with Crippen molar-refractivity contribution in [3.05, 3.63) is 61.9 Å². The van der Waals surface area contributed by atoms with Crippen molar-refractivity contribution in [3.8, 4) is 0 Å². The third-order valence-corrected chi connectivity index (χ3v) is 8.20. The second-order valence-electron chi connectivity index (χ2n) is 9.98. The molecule has 0 unspecified atom stereocenters. The van der Waals surface area contributed by atoms with Crippen LogP contribution in [0.3, 0.4) is 0 Å². The number of aliphatic hydroxyl groups is 2. The lowest BCUT2D eigenvalue weighted by Crippen LogP contribution is -2.44. The molecule has 0 saturated carbocycles. The van der Waals surface area contributed by atoms with Gasteiger partial charge in [0.1, 0.15) is 16.3 Å². The van der Waals surface area contributed by atoms with E-state index in [0.29, 0.717) is 12.8 Å². The molecule has 32 heavy (non-hydrogen) atoms. The van der Waals surface area contributed by atoms with Gasteiger partial charge in [-0.3, -0.25) is 0 Å². The van der Waals surface area contributed by atoms with Gasteiger partial charge in [0.25, 0.3) is 0 Å². The van der Waals surface area contributed by atoms with Gasteiger partial charge in [0.2, 0.25) is 0 Å². The van der Waals surface area contributed by atoms with Gasteiger partial charge in [-0.25, -0.2) is 4.79 Å². The van der Waals surface area contributed by atoms with Gasteiger partial charge < -0.3 is 14.9 Å². The second-order valence-corrected chi connectivity index (χ2v) is 11.8. The molecule has 4 nitrogen and oxygen atoms in total. The van der Waals surface area contributed by atoms with Crippen molar-refractivity contribution in [3.63, 3.8) is 0 Å². The van der Waals surface area contributed by atoms with Gasteiger partial charge in [-0.05, 0) is 76.2 Å². The summed E-state index contributed by atoms with van der Waals surface area (Å²) in [7, 11) is 0. The molecular weight excluding hydrogens is 440 g/mol. The molecule has 0 saturated heterocycles. The summed E-state index contributed by atoms with van der Waals surface area (Å²) < 4.78 is 6.08. The largest absolute Gasteiger partial charge is 0.511 e. The van der Waals surface area contributed by atoms with Crippen LogP contribution in [0.1, 0.15) is 69.7 Å². The Morgan fingerprint density at radius 3 is 2.53 bits per heavy atom. The van der Waals surface area contributed by atoms with Crippen LogP contribution in [-0.4, -0.2) is 21.8 Å². The normalized spacial score (nSPS) is 19.6. The topological polar surface area (TPSA) is 66.8 Å². The van der Waals surface area contributed by atoms with Crippen LogP contribution >= 0.6 is 23.1 Å². The number of aliphatic hydroxyl groups excluding tert-OH is 2. The highest BCUT2D eigenvalue weighted by Gasteiger charge is 2.44. The highest BCUT2D eigenvalue weighted by Crippen LogP contribution is 2.45. The van der Waals surface area contributed by atoms with E-state index in [9.17, 15) is 15.0 Å². The quantitative estimate of drug-likeness (QED) is 0.438. The van der Waals surface area contributed by atoms with Crippen LogP contribution in [0.4, 0.5) is 0 Å². The van der Waals surface area contributed by atoms with Crippen molar-refractivity contribution in [2.75, 3.05) is 0 Å². The van der Waals surface area contributed by atoms with Gasteiger partial charge in [-0.2, -0.15) is 11.3 Å². The number of cyclic esters (lactones) is 1. The molecule has 1 aromatic carbocycles. The molecule has 1 aromatic heterocycles. The fraction of sp³-hybridized carbons (Fsp3) is 0.500. The summed E-state index contributed by atoms with van der Waals surface area (Å²) in [6, 6.07) is 6.08. The highest BCUT2D eigenvalue weighted by atomic mass is 32.2. The maximum absolute atomic E-state index is 13.2. The van der Waals surface area contributed by atoms with Crippen molar-refractivity contribution in [1.82, 2.24) is 0 Å². The molecule has 0 fully saturated rings. The molecule has 1 aliphatic rings. The molecule has 2 aromatic rings. The molecule has 174 valence electrons. The van der Waals surface area contributed by atoms with E-state index in [0.717, 1.165) is 28.0 Å². The minimum atomic E-state index is -0.712. The summed E-state index contributed by atoms with van der Waals surface area (Å²) in [4.78, 5) is 14.3. The van der Waals surface area contributed by atoms with Crippen molar-refractivity contribution < 1.29 is 19.7 Å². The Balaban J connectivity index is 1.93. The Labute approximate surface area is 199 Å². The molecule has 0 radical (unpaired) electrons. The predicted octanol–water partition coefficient (Wildman–Crippen LogP) is 6.68. The van der Waals surface area contributed by atoms with Crippen molar-refractivity contribution in [2.45, 2.75) is 83.3 Å². The zero-order valence-corrected chi connectivity index (χ0v) is 21.5. The van der Waals surface area contributed by atoms with Crippen molar-refractivity contribution in [2.24, 2.45) is 5.92 Å². The SMILES string of the molecule is Cc1cc(SC2=C(O)C[C@](CCc3ccsc3)(C(C)C)OC2=O)c(C(C)(C)C)cc1CO. The van der Waals surface area contributed by atoms with Gasteiger partial charge in [0, 0.05) is 11.3 Å². The Hall–Kier alpha value is -1.76. The molecule has 1 aliphatic heterocycles. The van der Waals surface area contributed by atoms with Gasteiger partial charge in [0.05, 0.1) is 6.61 Å². The van der Waals surface area contributed by atoms with E-state index in [1.807, 2.05) is 38.3 Å². The van der Waals surface area contributed by atoms with Crippen LogP contribution in [0.2, 0.25) is 0 Å². The summed E-state index contributed by atoms with van der Waals surface area (Å²) in [5, 5.41) is 24.9. The minimum Gasteiger partial charge on any atom is -0.511 e. The second kappa shape index (κ2) is 9.62. The Morgan fingerprint density at radius 2 is 2.00 bits per heavy atom. The number of benzene rings is 1. The maximum Gasteiger partial charge on any atom is 0.349 e. The Morgan fingerprint density at radius 1 is 1.28 bits per heavy atom. The van der Waals surface area contributed by atoms with Crippen LogP contribution in [0.5, 0.6) is 0 Å². The smallest absolute Gasteiger partial charge is 0.349 e. The summed E-state index contributed by atoms with van der Waals surface area (Å²) in [6.07, 6.45) is 1.80. The molecule has 3 rings (SSSR count). The van der Waals surface area contributed by atoms with Crippen LogP contribution in [0, 0.1) is 12.8 Å². The van der Waals surface area contributed by atoms with E-state index in [2.05, 4.69) is 32.2 Å². The van der Waals surface area contributed by atoms with Gasteiger partial charge in [-0.1, -0.05) is 52.4 Å². The molecule has 2 heterocycles. The summed E-state index contributed by atoms with van der Waals surface area (Å²) in [5.74, 6) is -0.273. The van der Waals surface area contributed by atoms with Gasteiger partial charge in [-0.15, -0.1) is 0 Å². The highest BCUT2D eigenvalue weighted by molar-refractivity contribution is 8.04. The van der Waals surface area contributed by atoms with E-state index in [1.54, 1.807) is 11.3 Å². The molecule has 6 heteroatoms. The lowest BCUT2D eigenvalue weighted by molar-refractivity contribution is -0.164. The van der Waals surface area contributed by atoms with E-state index in [-0.39, 0.29) is 28.6 Å². The number of esters is 1. The van der Waals surface area contributed by atoms with E-state index in [4.69, 9.17) is 4.74 Å². The molecule has 0 aliphatic carbocycles. The molecule has 0 bridgehead atoms. The van der Waals surface area contributed by atoms with Gasteiger partial charge >= 0.3 is 5.97 Å². The Kier molecular flexibility index (Phi) is 7.48.